The molecule has 0 saturated heterocycles. The molecular weight excluding hydrogens is 156 g/mol. The maximum atomic E-state index is 2.58. The lowest BCUT2D eigenvalue weighted by molar-refractivity contribution is 0.0435. The minimum Gasteiger partial charge on any atom is -0.0620 e. The highest BCUT2D eigenvalue weighted by Crippen LogP contribution is 2.51. The van der Waals surface area contributed by atoms with Gasteiger partial charge in [-0.2, -0.15) is 0 Å². The fraction of sp³-hybridized carbons (Fsp3) is 1.00. The van der Waals surface area contributed by atoms with Crippen molar-refractivity contribution in [3.63, 3.8) is 0 Å². The number of hydrogen-bond donors (Lipinski definition) is 0. The van der Waals surface area contributed by atoms with Gasteiger partial charge in [0.2, 0.25) is 0 Å². The fourth-order valence-electron chi connectivity index (χ4n) is 3.73. The molecule has 2 aliphatic carbocycles. The van der Waals surface area contributed by atoms with Crippen LogP contribution in [0.15, 0.2) is 0 Å². The standard InChI is InChI=1S/C13H24/c1-11-7-6-9-12-8-4-3-5-10-13(11,12)2/h11-12H,3-10H2,1-2H3. The summed E-state index contributed by atoms with van der Waals surface area (Å²) in [5.74, 6) is 2.06. The van der Waals surface area contributed by atoms with Gasteiger partial charge in [0.05, 0.1) is 0 Å². The Labute approximate surface area is 83.1 Å². The molecule has 0 aromatic heterocycles. The summed E-state index contributed by atoms with van der Waals surface area (Å²) in [6.07, 6.45) is 12.1. The molecule has 0 spiro atoms. The number of rotatable bonds is 0. The van der Waals surface area contributed by atoms with E-state index in [0.29, 0.717) is 0 Å². The van der Waals surface area contributed by atoms with Crippen LogP contribution in [0.1, 0.15) is 65.2 Å². The minimum absolute atomic E-state index is 0.717. The SMILES string of the molecule is CC1CCCC2CCCCCC12C. The van der Waals surface area contributed by atoms with Crippen LogP contribution in [0.4, 0.5) is 0 Å². The van der Waals surface area contributed by atoms with Gasteiger partial charge in [-0.3, -0.25) is 0 Å². The van der Waals surface area contributed by atoms with E-state index in [9.17, 15) is 0 Å². The zero-order chi connectivity index (χ0) is 9.31. The molecule has 2 rings (SSSR count). The Kier molecular flexibility index (Phi) is 2.67. The summed E-state index contributed by atoms with van der Waals surface area (Å²) in [5.41, 5.74) is 0.717. The summed E-state index contributed by atoms with van der Waals surface area (Å²) in [6.45, 7) is 5.07. The highest BCUT2D eigenvalue weighted by atomic mass is 14.5. The topological polar surface area (TPSA) is 0 Å². The van der Waals surface area contributed by atoms with Crippen molar-refractivity contribution >= 4 is 0 Å². The van der Waals surface area contributed by atoms with E-state index in [1.54, 1.807) is 0 Å². The van der Waals surface area contributed by atoms with Crippen LogP contribution in [-0.2, 0) is 0 Å². The average Bonchev–Trinajstić information content (AvgIpc) is 2.29. The molecule has 2 saturated carbocycles. The third kappa shape index (κ3) is 1.65. The summed E-state index contributed by atoms with van der Waals surface area (Å²) in [4.78, 5) is 0. The van der Waals surface area contributed by atoms with Gasteiger partial charge in [0.15, 0.2) is 0 Å². The van der Waals surface area contributed by atoms with Crippen LogP contribution in [0.3, 0.4) is 0 Å². The van der Waals surface area contributed by atoms with E-state index in [1.165, 1.54) is 51.4 Å². The highest BCUT2D eigenvalue weighted by molar-refractivity contribution is 4.91. The molecule has 0 aromatic carbocycles. The number of fused-ring (bicyclic) bond motifs is 1. The lowest BCUT2D eigenvalue weighted by Crippen LogP contribution is -2.36. The van der Waals surface area contributed by atoms with Gasteiger partial charge >= 0.3 is 0 Å². The second-order valence-corrected chi connectivity index (χ2v) is 5.63. The van der Waals surface area contributed by atoms with Crippen molar-refractivity contribution in [3.05, 3.63) is 0 Å². The quantitative estimate of drug-likeness (QED) is 0.518. The van der Waals surface area contributed by atoms with Gasteiger partial charge in [-0.1, -0.05) is 46.0 Å². The Balaban J connectivity index is 2.15. The van der Waals surface area contributed by atoms with Crippen LogP contribution < -0.4 is 0 Å². The molecule has 0 aliphatic heterocycles. The lowest BCUT2D eigenvalue weighted by atomic mass is 9.60. The van der Waals surface area contributed by atoms with Crippen molar-refractivity contribution in [2.45, 2.75) is 65.2 Å². The zero-order valence-corrected chi connectivity index (χ0v) is 9.31. The first-order chi connectivity index (χ1) is 6.23. The lowest BCUT2D eigenvalue weighted by Gasteiger charge is -2.46. The highest BCUT2D eigenvalue weighted by Gasteiger charge is 2.41. The molecule has 0 radical (unpaired) electrons. The summed E-state index contributed by atoms with van der Waals surface area (Å²) >= 11 is 0. The normalized spacial score (nSPS) is 46.6. The van der Waals surface area contributed by atoms with Crippen LogP contribution in [0.2, 0.25) is 0 Å². The van der Waals surface area contributed by atoms with Gasteiger partial charge < -0.3 is 0 Å². The van der Waals surface area contributed by atoms with Crippen LogP contribution in [-0.4, -0.2) is 0 Å². The van der Waals surface area contributed by atoms with Crippen LogP contribution in [0, 0.1) is 17.3 Å². The van der Waals surface area contributed by atoms with Crippen molar-refractivity contribution in [1.82, 2.24) is 0 Å². The fourth-order valence-corrected chi connectivity index (χ4v) is 3.73. The molecule has 76 valence electrons. The largest absolute Gasteiger partial charge is 0.0620 e. The van der Waals surface area contributed by atoms with Crippen LogP contribution >= 0.6 is 0 Å². The first kappa shape index (κ1) is 9.55. The van der Waals surface area contributed by atoms with Gasteiger partial charge in [0.25, 0.3) is 0 Å². The number of hydrogen-bond acceptors (Lipinski definition) is 0. The van der Waals surface area contributed by atoms with Crippen molar-refractivity contribution < 1.29 is 0 Å². The third-order valence-electron chi connectivity index (χ3n) is 5.02. The maximum absolute atomic E-state index is 2.58. The molecule has 0 bridgehead atoms. The van der Waals surface area contributed by atoms with Gasteiger partial charge in [0.1, 0.15) is 0 Å². The van der Waals surface area contributed by atoms with E-state index in [4.69, 9.17) is 0 Å². The minimum atomic E-state index is 0.717. The summed E-state index contributed by atoms with van der Waals surface area (Å²) in [5, 5.41) is 0. The molecule has 2 aliphatic rings. The van der Waals surface area contributed by atoms with E-state index < -0.39 is 0 Å². The predicted molar refractivity (Wildman–Crippen MR) is 57.7 cm³/mol. The zero-order valence-electron chi connectivity index (χ0n) is 9.31. The molecule has 13 heavy (non-hydrogen) atoms. The van der Waals surface area contributed by atoms with Crippen molar-refractivity contribution in [1.29, 1.82) is 0 Å². The summed E-state index contributed by atoms with van der Waals surface area (Å²) in [6, 6.07) is 0. The van der Waals surface area contributed by atoms with Gasteiger partial charge in [0, 0.05) is 0 Å². The van der Waals surface area contributed by atoms with E-state index in [1.807, 2.05) is 0 Å². The Hall–Kier alpha value is 0. The van der Waals surface area contributed by atoms with Crippen molar-refractivity contribution in [2.75, 3.05) is 0 Å². The predicted octanol–water partition coefficient (Wildman–Crippen LogP) is 4.39. The molecule has 0 heteroatoms. The molecule has 3 atom stereocenters. The van der Waals surface area contributed by atoms with Crippen LogP contribution in [0.25, 0.3) is 0 Å². The van der Waals surface area contributed by atoms with Crippen molar-refractivity contribution in [3.8, 4) is 0 Å². The van der Waals surface area contributed by atoms with Crippen LogP contribution in [0.5, 0.6) is 0 Å². The van der Waals surface area contributed by atoms with E-state index >= 15 is 0 Å². The average molecular weight is 180 g/mol. The molecule has 2 fully saturated rings. The monoisotopic (exact) mass is 180 g/mol. The van der Waals surface area contributed by atoms with Crippen molar-refractivity contribution in [2.24, 2.45) is 17.3 Å². The van der Waals surface area contributed by atoms with E-state index in [0.717, 1.165) is 17.3 Å². The summed E-state index contributed by atoms with van der Waals surface area (Å²) in [7, 11) is 0. The molecular formula is C13H24. The maximum Gasteiger partial charge on any atom is -0.0272 e. The van der Waals surface area contributed by atoms with Gasteiger partial charge in [-0.15, -0.1) is 0 Å². The van der Waals surface area contributed by atoms with E-state index in [-0.39, 0.29) is 0 Å². The Morgan fingerprint density at radius 3 is 2.54 bits per heavy atom. The molecule has 0 aromatic rings. The Bertz CT molecular complexity index is 173. The summed E-state index contributed by atoms with van der Waals surface area (Å²) < 4.78 is 0. The third-order valence-corrected chi connectivity index (χ3v) is 5.02. The molecule has 3 unspecified atom stereocenters. The molecule has 0 nitrogen and oxygen atoms in total. The second-order valence-electron chi connectivity index (χ2n) is 5.63. The first-order valence-corrected chi connectivity index (χ1v) is 6.23. The molecule has 0 heterocycles. The van der Waals surface area contributed by atoms with Gasteiger partial charge in [-0.05, 0) is 36.5 Å². The molecule has 0 N–H and O–H groups in total. The van der Waals surface area contributed by atoms with Gasteiger partial charge in [-0.25, -0.2) is 0 Å². The second kappa shape index (κ2) is 3.63. The Morgan fingerprint density at radius 1 is 0.923 bits per heavy atom. The van der Waals surface area contributed by atoms with E-state index in [2.05, 4.69) is 13.8 Å². The Morgan fingerprint density at radius 2 is 1.69 bits per heavy atom. The smallest absolute Gasteiger partial charge is 0.0272 e. The molecule has 0 amide bonds. The first-order valence-electron chi connectivity index (χ1n) is 6.23.